The van der Waals surface area contributed by atoms with Gasteiger partial charge in [0, 0.05) is 43.4 Å². The van der Waals surface area contributed by atoms with Gasteiger partial charge in [-0.3, -0.25) is 14.3 Å². The van der Waals surface area contributed by atoms with Gasteiger partial charge in [-0.25, -0.2) is 0 Å². The van der Waals surface area contributed by atoms with Crippen LogP contribution in [0.15, 0.2) is 30.3 Å². The van der Waals surface area contributed by atoms with Gasteiger partial charge in [0.2, 0.25) is 11.8 Å². The zero-order valence-electron chi connectivity index (χ0n) is 19.0. The summed E-state index contributed by atoms with van der Waals surface area (Å²) in [5.74, 6) is 0.129. The molecule has 166 valence electrons. The number of amides is 2. The average molecular weight is 423 g/mol. The first-order valence-electron chi connectivity index (χ1n) is 11.3. The van der Waals surface area contributed by atoms with Crippen molar-refractivity contribution < 1.29 is 9.59 Å². The average Bonchev–Trinajstić information content (AvgIpc) is 2.88. The van der Waals surface area contributed by atoms with E-state index in [2.05, 4.69) is 41.6 Å². The molecule has 0 atom stereocenters. The van der Waals surface area contributed by atoms with E-state index in [1.54, 1.807) is 6.08 Å². The Bertz CT molecular complexity index is 928. The normalized spacial score (nSPS) is 14.8. The molecule has 3 rings (SSSR count). The summed E-state index contributed by atoms with van der Waals surface area (Å²) in [4.78, 5) is 26.2. The van der Waals surface area contributed by atoms with Gasteiger partial charge < -0.3 is 10.2 Å². The number of hydrogen-bond donors (Lipinski definition) is 1. The maximum atomic E-state index is 12.2. The van der Waals surface area contributed by atoms with E-state index in [1.807, 2.05) is 29.5 Å². The Balaban J connectivity index is 1.49. The number of likely N-dealkylation sites (tertiary alicyclic amines) is 1. The van der Waals surface area contributed by atoms with Crippen molar-refractivity contribution in [3.63, 3.8) is 0 Å². The molecule has 31 heavy (non-hydrogen) atoms. The molecular weight excluding hydrogens is 388 g/mol. The molecule has 2 amide bonds. The van der Waals surface area contributed by atoms with Crippen molar-refractivity contribution in [2.45, 2.75) is 59.4 Å². The fourth-order valence-corrected chi connectivity index (χ4v) is 3.95. The van der Waals surface area contributed by atoms with E-state index < -0.39 is 0 Å². The first kappa shape index (κ1) is 22.8. The Hall–Kier alpha value is -2.89. The van der Waals surface area contributed by atoms with Crippen molar-refractivity contribution in [2.75, 3.05) is 19.6 Å². The van der Waals surface area contributed by atoms with Crippen molar-refractivity contribution in [2.24, 2.45) is 0 Å². The molecular formula is C25H34N4O2. The van der Waals surface area contributed by atoms with Gasteiger partial charge in [-0.2, -0.15) is 5.10 Å². The molecule has 0 saturated carbocycles. The lowest BCUT2D eigenvalue weighted by molar-refractivity contribution is -0.130. The molecule has 6 nitrogen and oxygen atoms in total. The van der Waals surface area contributed by atoms with Crippen LogP contribution in [0.4, 0.5) is 0 Å². The Morgan fingerprint density at radius 2 is 1.90 bits per heavy atom. The highest BCUT2D eigenvalue weighted by molar-refractivity contribution is 5.92. The number of rotatable bonds is 8. The van der Waals surface area contributed by atoms with E-state index in [-0.39, 0.29) is 11.8 Å². The molecule has 1 aromatic heterocycles. The Labute approximate surface area is 185 Å². The molecule has 0 aliphatic carbocycles. The summed E-state index contributed by atoms with van der Waals surface area (Å²) in [7, 11) is 0. The molecule has 1 aromatic carbocycles. The summed E-state index contributed by atoms with van der Waals surface area (Å²) in [6, 6.07) is 8.45. The van der Waals surface area contributed by atoms with Gasteiger partial charge in [0.05, 0.1) is 12.2 Å². The molecule has 2 heterocycles. The Kier molecular flexibility index (Phi) is 8.04. The Morgan fingerprint density at radius 3 is 2.68 bits per heavy atom. The molecule has 0 unspecified atom stereocenters. The van der Waals surface area contributed by atoms with Crippen LogP contribution in [0.1, 0.15) is 60.2 Å². The predicted octanol–water partition coefficient (Wildman–Crippen LogP) is 3.78. The van der Waals surface area contributed by atoms with Crippen LogP contribution in [-0.4, -0.2) is 46.1 Å². The summed E-state index contributed by atoms with van der Waals surface area (Å²) in [5.41, 5.74) is 5.38. The highest BCUT2D eigenvalue weighted by atomic mass is 16.2. The molecule has 6 heteroatoms. The van der Waals surface area contributed by atoms with Crippen LogP contribution >= 0.6 is 0 Å². The summed E-state index contributed by atoms with van der Waals surface area (Å²) in [6.07, 6.45) is 8.06. The predicted molar refractivity (Wildman–Crippen MR) is 124 cm³/mol. The third-order valence-corrected chi connectivity index (χ3v) is 5.87. The molecule has 0 spiro atoms. The van der Waals surface area contributed by atoms with Crippen molar-refractivity contribution in [1.82, 2.24) is 20.0 Å². The quantitative estimate of drug-likeness (QED) is 0.520. The van der Waals surface area contributed by atoms with Gasteiger partial charge in [0.1, 0.15) is 0 Å². The van der Waals surface area contributed by atoms with Gasteiger partial charge in [0.25, 0.3) is 0 Å². The van der Waals surface area contributed by atoms with Crippen LogP contribution in [0.3, 0.4) is 0 Å². The van der Waals surface area contributed by atoms with Gasteiger partial charge in [-0.15, -0.1) is 0 Å². The number of aryl methyl sites for hydroxylation is 2. The van der Waals surface area contributed by atoms with Crippen LogP contribution in [0, 0.1) is 20.8 Å². The number of aromatic nitrogens is 2. The second-order valence-corrected chi connectivity index (χ2v) is 8.40. The smallest absolute Gasteiger partial charge is 0.244 e. The van der Waals surface area contributed by atoms with Crippen molar-refractivity contribution in [3.8, 4) is 0 Å². The molecule has 0 radical (unpaired) electrons. The molecule has 1 aliphatic heterocycles. The molecule has 2 aromatic rings. The minimum atomic E-state index is -0.118. The second kappa shape index (κ2) is 10.9. The standard InChI is InChI=1S/C25H34N4O2/c1-19-9-11-22(12-10-19)18-29-21(3)23(20(2)27-29)13-14-24(30)26-15-7-17-28-16-6-4-5-8-25(28)31/h9-14H,4-8,15-18H2,1-3H3,(H,26,30)/b14-13+. The number of hydrogen-bond acceptors (Lipinski definition) is 3. The van der Waals surface area contributed by atoms with Gasteiger partial charge in [-0.1, -0.05) is 36.2 Å². The van der Waals surface area contributed by atoms with Crippen molar-refractivity contribution >= 4 is 17.9 Å². The maximum absolute atomic E-state index is 12.2. The van der Waals surface area contributed by atoms with E-state index in [0.29, 0.717) is 26.1 Å². The SMILES string of the molecule is Cc1ccc(Cn2nc(C)c(/C=C/C(=O)NCCCN3CCCCCC3=O)c2C)cc1. The lowest BCUT2D eigenvalue weighted by Gasteiger charge is -2.20. The first-order chi connectivity index (χ1) is 14.9. The van der Waals surface area contributed by atoms with Crippen molar-refractivity contribution in [1.29, 1.82) is 0 Å². The number of nitrogens with one attached hydrogen (secondary N) is 1. The fourth-order valence-electron chi connectivity index (χ4n) is 3.95. The molecule has 1 N–H and O–H groups in total. The largest absolute Gasteiger partial charge is 0.352 e. The van der Waals surface area contributed by atoms with Crippen LogP contribution in [0.5, 0.6) is 0 Å². The third kappa shape index (κ3) is 6.54. The minimum absolute atomic E-state index is 0.118. The minimum Gasteiger partial charge on any atom is -0.352 e. The number of carbonyl (C=O) groups excluding carboxylic acids is 2. The molecule has 0 bridgehead atoms. The zero-order valence-corrected chi connectivity index (χ0v) is 19.0. The van der Waals surface area contributed by atoms with Gasteiger partial charge in [-0.05, 0) is 51.7 Å². The van der Waals surface area contributed by atoms with Crippen LogP contribution in [0.2, 0.25) is 0 Å². The van der Waals surface area contributed by atoms with E-state index in [1.165, 1.54) is 11.1 Å². The van der Waals surface area contributed by atoms with E-state index in [4.69, 9.17) is 0 Å². The highest BCUT2D eigenvalue weighted by Crippen LogP contribution is 2.17. The van der Waals surface area contributed by atoms with Crippen LogP contribution in [0.25, 0.3) is 6.08 Å². The number of carbonyl (C=O) groups is 2. The topological polar surface area (TPSA) is 67.2 Å². The summed E-state index contributed by atoms with van der Waals surface area (Å²) < 4.78 is 1.98. The number of benzene rings is 1. The maximum Gasteiger partial charge on any atom is 0.244 e. The first-order valence-corrected chi connectivity index (χ1v) is 11.3. The van der Waals surface area contributed by atoms with Crippen LogP contribution in [-0.2, 0) is 16.1 Å². The lowest BCUT2D eigenvalue weighted by atomic mass is 10.1. The zero-order chi connectivity index (χ0) is 22.2. The fraction of sp³-hybridized carbons (Fsp3) is 0.480. The van der Waals surface area contributed by atoms with E-state index in [9.17, 15) is 9.59 Å². The lowest BCUT2D eigenvalue weighted by Crippen LogP contribution is -2.33. The molecule has 1 fully saturated rings. The van der Waals surface area contributed by atoms with E-state index >= 15 is 0 Å². The summed E-state index contributed by atoms with van der Waals surface area (Å²) >= 11 is 0. The highest BCUT2D eigenvalue weighted by Gasteiger charge is 2.15. The summed E-state index contributed by atoms with van der Waals surface area (Å²) in [5, 5.41) is 7.57. The summed E-state index contributed by atoms with van der Waals surface area (Å²) in [6.45, 7) is 8.92. The van der Waals surface area contributed by atoms with Crippen molar-refractivity contribution in [3.05, 3.63) is 58.4 Å². The number of nitrogens with zero attached hydrogens (tertiary/aromatic N) is 3. The Morgan fingerprint density at radius 1 is 1.13 bits per heavy atom. The molecule has 1 aliphatic rings. The third-order valence-electron chi connectivity index (χ3n) is 5.87. The monoisotopic (exact) mass is 422 g/mol. The van der Waals surface area contributed by atoms with Gasteiger partial charge in [0.15, 0.2) is 0 Å². The van der Waals surface area contributed by atoms with Gasteiger partial charge >= 0.3 is 0 Å². The van der Waals surface area contributed by atoms with E-state index in [0.717, 1.165) is 49.2 Å². The van der Waals surface area contributed by atoms with Crippen LogP contribution < -0.4 is 5.32 Å². The second-order valence-electron chi connectivity index (χ2n) is 8.40. The molecule has 1 saturated heterocycles.